The number of nitrogens with two attached hydrogens (primary N) is 1. The zero-order valence-electron chi connectivity index (χ0n) is 14.6. The van der Waals surface area contributed by atoms with E-state index in [1.807, 2.05) is 18.2 Å². The van der Waals surface area contributed by atoms with Crippen LogP contribution in [-0.4, -0.2) is 30.7 Å². The van der Waals surface area contributed by atoms with E-state index in [4.69, 9.17) is 5.73 Å². The molecule has 0 fully saturated rings. The molecule has 4 aromatic rings. The van der Waals surface area contributed by atoms with Gasteiger partial charge in [0, 0.05) is 11.8 Å². The van der Waals surface area contributed by atoms with Crippen molar-refractivity contribution in [3.63, 3.8) is 0 Å². The van der Waals surface area contributed by atoms with Crippen molar-refractivity contribution in [3.05, 3.63) is 57.1 Å². The average molecular weight is 458 g/mol. The second kappa shape index (κ2) is 7.31. The van der Waals surface area contributed by atoms with Crippen LogP contribution >= 0.6 is 15.9 Å². The fraction of sp³-hybridized carbons (Fsp3) is 0.0588. The lowest BCUT2D eigenvalue weighted by Gasteiger charge is -2.09. The molecule has 0 unspecified atom stereocenters. The summed E-state index contributed by atoms with van der Waals surface area (Å²) in [5.74, 6) is 0.0245. The van der Waals surface area contributed by atoms with Gasteiger partial charge in [-0.1, -0.05) is 12.1 Å². The lowest BCUT2D eigenvalue weighted by molar-refractivity contribution is -0.385. The number of halogens is 1. The summed E-state index contributed by atoms with van der Waals surface area (Å²) in [5, 5.41) is 21.0. The third-order valence-corrected chi connectivity index (χ3v) is 4.75. The van der Waals surface area contributed by atoms with Crippen molar-refractivity contribution in [3.8, 4) is 11.5 Å². The van der Waals surface area contributed by atoms with Crippen molar-refractivity contribution in [1.29, 1.82) is 0 Å². The third kappa shape index (κ3) is 3.52. The fourth-order valence-electron chi connectivity index (χ4n) is 2.84. The van der Waals surface area contributed by atoms with Gasteiger partial charge in [-0.3, -0.25) is 14.9 Å². The standard InChI is InChI=1S/C17H12BrN7O4/c18-10-7-9(5-6-12(10)25(27)28)20-14(26)8-24-13-4-2-1-3-11(13)21-17(24)15-16(19)23-29-22-15/h1-7H,8H2,(H2,19,23)(H,20,26). The highest BCUT2D eigenvalue weighted by molar-refractivity contribution is 9.10. The molecule has 0 saturated carbocycles. The molecular weight excluding hydrogens is 446 g/mol. The SMILES string of the molecule is Nc1nonc1-c1nc2ccccc2n1CC(=O)Nc1ccc([N+](=O)[O-])c(Br)c1. The summed E-state index contributed by atoms with van der Waals surface area (Å²) in [7, 11) is 0. The Bertz CT molecular complexity index is 1250. The minimum Gasteiger partial charge on any atom is -0.379 e. The molecule has 146 valence electrons. The van der Waals surface area contributed by atoms with Gasteiger partial charge in [0.05, 0.1) is 20.4 Å². The molecule has 29 heavy (non-hydrogen) atoms. The third-order valence-electron chi connectivity index (χ3n) is 4.11. The van der Waals surface area contributed by atoms with Crippen molar-refractivity contribution in [1.82, 2.24) is 19.9 Å². The molecule has 3 N–H and O–H groups in total. The molecule has 0 spiro atoms. The molecular formula is C17H12BrN7O4. The van der Waals surface area contributed by atoms with E-state index < -0.39 is 4.92 Å². The number of aromatic nitrogens is 4. The summed E-state index contributed by atoms with van der Waals surface area (Å²) >= 11 is 3.13. The van der Waals surface area contributed by atoms with Gasteiger partial charge in [0.25, 0.3) is 5.69 Å². The zero-order valence-corrected chi connectivity index (χ0v) is 16.2. The van der Waals surface area contributed by atoms with E-state index in [2.05, 4.69) is 41.2 Å². The van der Waals surface area contributed by atoms with E-state index in [9.17, 15) is 14.9 Å². The number of nitrogens with zero attached hydrogens (tertiary/aromatic N) is 5. The number of hydrogen-bond acceptors (Lipinski definition) is 8. The lowest BCUT2D eigenvalue weighted by atomic mass is 10.3. The maximum Gasteiger partial charge on any atom is 0.283 e. The molecule has 0 aliphatic carbocycles. The van der Waals surface area contributed by atoms with Crippen LogP contribution in [0.1, 0.15) is 0 Å². The molecule has 0 radical (unpaired) electrons. The van der Waals surface area contributed by atoms with Crippen LogP contribution in [0, 0.1) is 10.1 Å². The first kappa shape index (κ1) is 18.6. The van der Waals surface area contributed by atoms with Crippen LogP contribution in [0.15, 0.2) is 51.6 Å². The molecule has 1 amide bonds. The minimum atomic E-state index is -0.518. The molecule has 2 aromatic carbocycles. The first-order chi connectivity index (χ1) is 13.9. The summed E-state index contributed by atoms with van der Waals surface area (Å²) < 4.78 is 6.56. The van der Waals surface area contributed by atoms with Gasteiger partial charge in [0.1, 0.15) is 6.54 Å². The number of imidazole rings is 1. The van der Waals surface area contributed by atoms with Crippen molar-refractivity contribution in [2.45, 2.75) is 6.54 Å². The van der Waals surface area contributed by atoms with E-state index in [0.29, 0.717) is 22.5 Å². The van der Waals surface area contributed by atoms with E-state index in [1.165, 1.54) is 18.2 Å². The van der Waals surface area contributed by atoms with Crippen molar-refractivity contribution >= 4 is 50.1 Å². The van der Waals surface area contributed by atoms with Gasteiger partial charge < -0.3 is 15.6 Å². The quantitative estimate of drug-likeness (QED) is 0.342. The topological polar surface area (TPSA) is 155 Å². The number of nitro groups is 1. The molecule has 0 aliphatic heterocycles. The van der Waals surface area contributed by atoms with Gasteiger partial charge in [-0.05, 0) is 50.5 Å². The highest BCUT2D eigenvalue weighted by Crippen LogP contribution is 2.29. The zero-order chi connectivity index (χ0) is 20.5. The molecule has 0 atom stereocenters. The van der Waals surface area contributed by atoms with E-state index in [1.54, 1.807) is 10.6 Å². The van der Waals surface area contributed by atoms with Crippen LogP contribution in [0.4, 0.5) is 17.2 Å². The fourth-order valence-corrected chi connectivity index (χ4v) is 3.37. The Morgan fingerprint density at radius 2 is 2.07 bits per heavy atom. The van der Waals surface area contributed by atoms with Gasteiger partial charge >= 0.3 is 0 Å². The summed E-state index contributed by atoms with van der Waals surface area (Å²) in [5.41, 5.74) is 7.67. The molecule has 12 heteroatoms. The maximum absolute atomic E-state index is 12.7. The van der Waals surface area contributed by atoms with Gasteiger partial charge in [0.15, 0.2) is 17.3 Å². The van der Waals surface area contributed by atoms with E-state index >= 15 is 0 Å². The first-order valence-electron chi connectivity index (χ1n) is 8.21. The van der Waals surface area contributed by atoms with E-state index in [-0.39, 0.29) is 34.1 Å². The van der Waals surface area contributed by atoms with Crippen molar-refractivity contribution in [2.24, 2.45) is 0 Å². The van der Waals surface area contributed by atoms with Crippen LogP contribution < -0.4 is 11.1 Å². The number of anilines is 2. The number of nitrogens with one attached hydrogen (secondary N) is 1. The Morgan fingerprint density at radius 3 is 2.76 bits per heavy atom. The summed E-state index contributed by atoms with van der Waals surface area (Å²) in [4.78, 5) is 27.5. The number of carbonyl (C=O) groups is 1. The van der Waals surface area contributed by atoms with Gasteiger partial charge in [-0.25, -0.2) is 9.61 Å². The summed E-state index contributed by atoms with van der Waals surface area (Å²) in [6.45, 7) is -0.100. The number of rotatable bonds is 5. The van der Waals surface area contributed by atoms with Crippen LogP contribution in [0.25, 0.3) is 22.6 Å². The van der Waals surface area contributed by atoms with Crippen LogP contribution in [0.2, 0.25) is 0 Å². The minimum absolute atomic E-state index is 0.0567. The number of amides is 1. The predicted molar refractivity (Wildman–Crippen MR) is 107 cm³/mol. The molecule has 2 aromatic heterocycles. The molecule has 2 heterocycles. The normalized spacial score (nSPS) is 10.9. The Labute approximate surface area is 170 Å². The molecule has 0 saturated heterocycles. The largest absolute Gasteiger partial charge is 0.379 e. The summed E-state index contributed by atoms with van der Waals surface area (Å²) in [6, 6.07) is 11.5. The van der Waals surface area contributed by atoms with Crippen molar-refractivity contribution in [2.75, 3.05) is 11.1 Å². The number of fused-ring (bicyclic) bond motifs is 1. The number of para-hydroxylation sites is 2. The molecule has 4 rings (SSSR count). The van der Waals surface area contributed by atoms with Gasteiger partial charge in [-0.2, -0.15) is 0 Å². The summed E-state index contributed by atoms with van der Waals surface area (Å²) in [6.07, 6.45) is 0. The van der Waals surface area contributed by atoms with Gasteiger partial charge in [-0.15, -0.1) is 0 Å². The Balaban J connectivity index is 1.65. The Hall–Kier alpha value is -3.80. The van der Waals surface area contributed by atoms with Gasteiger partial charge in [0.2, 0.25) is 5.91 Å². The maximum atomic E-state index is 12.7. The second-order valence-electron chi connectivity index (χ2n) is 5.98. The highest BCUT2D eigenvalue weighted by atomic mass is 79.9. The molecule has 11 nitrogen and oxygen atoms in total. The number of benzene rings is 2. The second-order valence-corrected chi connectivity index (χ2v) is 6.83. The lowest BCUT2D eigenvalue weighted by Crippen LogP contribution is -2.19. The smallest absolute Gasteiger partial charge is 0.283 e. The van der Waals surface area contributed by atoms with E-state index in [0.717, 1.165) is 0 Å². The van der Waals surface area contributed by atoms with Crippen LogP contribution in [0.5, 0.6) is 0 Å². The molecule has 0 aliphatic rings. The number of nitro benzene ring substituents is 1. The Kier molecular flexibility index (Phi) is 4.68. The monoisotopic (exact) mass is 457 g/mol. The first-order valence-corrected chi connectivity index (χ1v) is 9.01. The molecule has 0 bridgehead atoms. The predicted octanol–water partition coefficient (Wildman–Crippen LogP) is 2.98. The van der Waals surface area contributed by atoms with Crippen molar-refractivity contribution < 1.29 is 14.3 Å². The van der Waals surface area contributed by atoms with Crippen LogP contribution in [-0.2, 0) is 11.3 Å². The number of carbonyl (C=O) groups excluding carboxylic acids is 1. The van der Waals surface area contributed by atoms with Crippen LogP contribution in [0.3, 0.4) is 0 Å². The number of hydrogen-bond donors (Lipinski definition) is 2. The Morgan fingerprint density at radius 1 is 1.28 bits per heavy atom. The average Bonchev–Trinajstić information content (AvgIpc) is 3.25. The number of nitrogen functional groups attached to an aromatic ring is 1. The highest BCUT2D eigenvalue weighted by Gasteiger charge is 2.21.